The lowest BCUT2D eigenvalue weighted by Gasteiger charge is -2.53. The zero-order valence-corrected chi connectivity index (χ0v) is 39.5. The number of imide groups is 1. The Morgan fingerprint density at radius 2 is 1.56 bits per heavy atom. The van der Waals surface area contributed by atoms with E-state index in [9.17, 15) is 37.2 Å². The number of hydrogen-bond donors (Lipinski definition) is 2. The van der Waals surface area contributed by atoms with Gasteiger partial charge in [-0.3, -0.25) is 33.8 Å². The molecule has 5 fully saturated rings. The summed E-state index contributed by atoms with van der Waals surface area (Å²) >= 11 is 0. The Morgan fingerprint density at radius 3 is 2.28 bits per heavy atom. The Labute approximate surface area is 408 Å². The average molecular weight is 988 g/mol. The molecule has 17 nitrogen and oxygen atoms in total. The molecule has 1 aromatic heterocycles. The maximum absolute atomic E-state index is 15.2. The minimum Gasteiger partial charge on any atom is -0.453 e. The molecule has 368 valence electrons. The van der Waals surface area contributed by atoms with E-state index in [4.69, 9.17) is 9.47 Å². The first-order valence-electron chi connectivity index (χ1n) is 24.1. The van der Waals surface area contributed by atoms with Gasteiger partial charge in [-0.05, 0) is 135 Å². The molecule has 3 amide bonds. The van der Waals surface area contributed by atoms with Gasteiger partial charge in [0.1, 0.15) is 35.9 Å². The highest BCUT2D eigenvalue weighted by Crippen LogP contribution is 2.51. The first kappa shape index (κ1) is 46.4. The Balaban J connectivity index is 0.669. The quantitative estimate of drug-likeness (QED) is 0.145. The van der Waals surface area contributed by atoms with E-state index in [1.807, 2.05) is 42.5 Å². The second kappa shape index (κ2) is 18.3. The predicted octanol–water partition coefficient (Wildman–Crippen LogP) is 6.08. The molecule has 2 N–H and O–H groups in total. The van der Waals surface area contributed by atoms with E-state index in [1.165, 1.54) is 29.1 Å². The number of piperidine rings is 3. The van der Waals surface area contributed by atoms with Crippen molar-refractivity contribution in [3.63, 3.8) is 0 Å². The van der Waals surface area contributed by atoms with Crippen LogP contribution in [0.1, 0.15) is 79.3 Å². The highest BCUT2D eigenvalue weighted by Gasteiger charge is 2.47. The number of alkyl halides is 1. The number of aromatic nitrogens is 2. The van der Waals surface area contributed by atoms with Gasteiger partial charge in [-0.1, -0.05) is 0 Å². The van der Waals surface area contributed by atoms with E-state index in [2.05, 4.69) is 30.9 Å². The predicted molar refractivity (Wildman–Crippen MR) is 258 cm³/mol. The molecule has 1 spiro atoms. The molecule has 1 saturated carbocycles. The molecule has 0 bridgehead atoms. The van der Waals surface area contributed by atoms with Crippen LogP contribution < -0.4 is 30.1 Å². The molecule has 6 heterocycles. The summed E-state index contributed by atoms with van der Waals surface area (Å²) < 4.78 is 71.9. The monoisotopic (exact) mass is 987 g/mol. The molecule has 4 saturated heterocycles. The van der Waals surface area contributed by atoms with Gasteiger partial charge in [0.2, 0.25) is 11.8 Å². The highest BCUT2D eigenvalue weighted by molar-refractivity contribution is 7.90. The molecular formula is C51H51F2N9O8S. The van der Waals surface area contributed by atoms with Crippen LogP contribution >= 0.6 is 0 Å². The van der Waals surface area contributed by atoms with Gasteiger partial charge in [-0.2, -0.15) is 18.0 Å². The molecule has 11 rings (SSSR count). The Bertz CT molecular complexity index is 3180. The number of hydrogen-bond acceptors (Lipinski definition) is 12. The van der Waals surface area contributed by atoms with E-state index in [0.717, 1.165) is 98.1 Å². The molecule has 5 aliphatic heterocycles. The summed E-state index contributed by atoms with van der Waals surface area (Å²) in [5.41, 5.74) is 3.79. The SMILES string of the molecule is N#Cc1c(NS(=O)(=O)N2CC[C@@H](F)C2)ccc(F)c1Oc1ccc2ncn(-c3ccc(N4CCC5(CC4)CC(OC4CCN(c6ccc7c(c6)CN([C@H]6CCC(=O)NC6=O)C7=O)CC4)C5)cc3)c(=O)c2c1. The number of carbonyl (C=O) groups is 3. The maximum Gasteiger partial charge on any atom is 0.301 e. The van der Waals surface area contributed by atoms with Gasteiger partial charge in [-0.15, -0.1) is 0 Å². The zero-order valence-electron chi connectivity index (χ0n) is 38.7. The van der Waals surface area contributed by atoms with E-state index in [0.29, 0.717) is 29.7 Å². The number of anilines is 3. The van der Waals surface area contributed by atoms with Crippen LogP contribution in [0.5, 0.6) is 11.5 Å². The number of nitrogens with zero attached hydrogens (tertiary/aromatic N) is 7. The van der Waals surface area contributed by atoms with Gasteiger partial charge in [0.05, 0.1) is 34.5 Å². The van der Waals surface area contributed by atoms with Crippen LogP contribution in [0.3, 0.4) is 0 Å². The standard InChI is InChI=1S/C51H51F2N9O8S/c52-32-13-20-60(29-32)71(67,68)57-44-10-8-42(53)47(41(44)27-54)70-37-6-9-43-40(24-37)50(66)62(30-55-43)34-3-1-33(2-4-34)59-21-16-51(17-22-59)25-38(26-51)69-36-14-18-58(19-15-36)35-5-7-39-31(23-35)28-61(49(39)65)45-11-12-46(63)56-48(45)64/h1-10,23-24,30,32,36,38,45,57H,11-22,25-26,28-29H2,(H,56,63,64)/t32-,45+/m1/s1. The molecule has 4 aromatic carbocycles. The van der Waals surface area contributed by atoms with Crippen LogP contribution in [0, 0.1) is 22.6 Å². The van der Waals surface area contributed by atoms with Crippen LogP contribution in [-0.2, 0) is 31.1 Å². The van der Waals surface area contributed by atoms with Gasteiger partial charge < -0.3 is 24.2 Å². The number of rotatable bonds is 11. The van der Waals surface area contributed by atoms with Crippen molar-refractivity contribution in [1.82, 2.24) is 24.1 Å². The van der Waals surface area contributed by atoms with Gasteiger partial charge in [0.15, 0.2) is 11.6 Å². The van der Waals surface area contributed by atoms with Crippen molar-refractivity contribution in [2.24, 2.45) is 5.41 Å². The molecule has 6 aliphatic rings. The van der Waals surface area contributed by atoms with E-state index >= 15 is 4.39 Å². The average Bonchev–Trinajstić information content (AvgIpc) is 3.95. The van der Waals surface area contributed by atoms with Crippen LogP contribution in [0.2, 0.25) is 0 Å². The molecule has 0 unspecified atom stereocenters. The largest absolute Gasteiger partial charge is 0.453 e. The van der Waals surface area contributed by atoms with E-state index in [1.54, 1.807) is 4.90 Å². The molecule has 2 atom stereocenters. The molecule has 71 heavy (non-hydrogen) atoms. The summed E-state index contributed by atoms with van der Waals surface area (Å²) in [5, 5.41) is 12.5. The van der Waals surface area contributed by atoms with Crippen molar-refractivity contribution in [1.29, 1.82) is 5.26 Å². The minimum atomic E-state index is -4.24. The highest BCUT2D eigenvalue weighted by atomic mass is 32.2. The number of benzene rings is 4. The van der Waals surface area contributed by atoms with Crippen molar-refractivity contribution < 1.29 is 41.1 Å². The third-order valence-electron chi connectivity index (χ3n) is 15.2. The van der Waals surface area contributed by atoms with Gasteiger partial charge in [0.25, 0.3) is 11.5 Å². The summed E-state index contributed by atoms with van der Waals surface area (Å²) in [4.78, 5) is 62.0. The zero-order chi connectivity index (χ0) is 49.2. The fraction of sp³-hybridized carbons (Fsp3) is 0.412. The number of nitriles is 1. The Hall–Kier alpha value is -6.95. The molecule has 5 aromatic rings. The van der Waals surface area contributed by atoms with Gasteiger partial charge in [0, 0.05) is 69.2 Å². The lowest BCUT2D eigenvalue weighted by atomic mass is 9.61. The van der Waals surface area contributed by atoms with Crippen LogP contribution in [0.25, 0.3) is 16.6 Å². The van der Waals surface area contributed by atoms with E-state index in [-0.39, 0.29) is 72.2 Å². The first-order valence-corrected chi connectivity index (χ1v) is 25.5. The normalized spacial score (nSPS) is 21.9. The van der Waals surface area contributed by atoms with Gasteiger partial charge >= 0.3 is 10.2 Å². The van der Waals surface area contributed by atoms with Gasteiger partial charge in [-0.25, -0.2) is 13.8 Å². The maximum atomic E-state index is 15.2. The number of ether oxygens (including phenoxy) is 2. The fourth-order valence-corrected chi connectivity index (χ4v) is 12.5. The lowest BCUT2D eigenvalue weighted by Crippen LogP contribution is -2.52. The third-order valence-corrected chi connectivity index (χ3v) is 16.7. The third kappa shape index (κ3) is 8.95. The second-order valence-electron chi connectivity index (χ2n) is 19.6. The number of amides is 3. The first-order chi connectivity index (χ1) is 34.2. The number of carbonyl (C=O) groups excluding carboxylic acids is 3. The molecule has 0 radical (unpaired) electrons. The van der Waals surface area contributed by atoms with Crippen molar-refractivity contribution in [3.05, 3.63) is 112 Å². The van der Waals surface area contributed by atoms with Crippen LogP contribution in [-0.4, -0.2) is 109 Å². The molecule has 20 heteroatoms. The number of halogens is 2. The summed E-state index contributed by atoms with van der Waals surface area (Å²) in [7, 11) is -4.24. The lowest BCUT2D eigenvalue weighted by molar-refractivity contribution is -0.136. The smallest absolute Gasteiger partial charge is 0.301 e. The summed E-state index contributed by atoms with van der Waals surface area (Å²) in [6.45, 7) is 3.51. The van der Waals surface area contributed by atoms with Crippen molar-refractivity contribution in [2.45, 2.75) is 88.8 Å². The van der Waals surface area contributed by atoms with Crippen molar-refractivity contribution >= 4 is 55.9 Å². The van der Waals surface area contributed by atoms with Crippen LogP contribution in [0.4, 0.5) is 25.8 Å². The number of nitrogens with one attached hydrogen (secondary N) is 2. The molecular weight excluding hydrogens is 937 g/mol. The summed E-state index contributed by atoms with van der Waals surface area (Å²) in [5.74, 6) is -2.33. The topological polar surface area (TPSA) is 200 Å². The minimum absolute atomic E-state index is 0.0183. The molecule has 1 aliphatic carbocycles. The van der Waals surface area contributed by atoms with Crippen LogP contribution in [0.15, 0.2) is 83.9 Å². The number of fused-ring (bicyclic) bond motifs is 2. The van der Waals surface area contributed by atoms with Crippen molar-refractivity contribution in [3.8, 4) is 23.3 Å². The summed E-state index contributed by atoms with van der Waals surface area (Å²) in [6, 6.07) is 21.3. The second-order valence-corrected chi connectivity index (χ2v) is 21.2. The Kier molecular flexibility index (Phi) is 12.0. The van der Waals surface area contributed by atoms with E-state index < -0.39 is 51.0 Å². The summed E-state index contributed by atoms with van der Waals surface area (Å²) in [6.07, 6.45) is 7.26. The van der Waals surface area contributed by atoms with Crippen molar-refractivity contribution in [2.75, 3.05) is 53.8 Å². The Morgan fingerprint density at radius 1 is 0.831 bits per heavy atom. The fourth-order valence-electron chi connectivity index (χ4n) is 11.2.